The molecular formula is C20H30O5. The van der Waals surface area contributed by atoms with E-state index in [9.17, 15) is 20.1 Å². The molecule has 0 aromatic heterocycles. The maximum atomic E-state index is 13.0. The lowest BCUT2D eigenvalue weighted by atomic mass is 9.55. The molecule has 1 aliphatic heterocycles. The van der Waals surface area contributed by atoms with Crippen molar-refractivity contribution in [3.8, 4) is 0 Å². The van der Waals surface area contributed by atoms with Crippen LogP contribution in [0.1, 0.15) is 53.4 Å². The van der Waals surface area contributed by atoms with Gasteiger partial charge < -0.3 is 20.1 Å². The summed E-state index contributed by atoms with van der Waals surface area (Å²) in [6.45, 7) is 8.12. The quantitative estimate of drug-likeness (QED) is 0.728. The first-order valence-corrected chi connectivity index (χ1v) is 9.23. The fraction of sp³-hybridized carbons (Fsp3) is 0.750. The Labute approximate surface area is 149 Å². The number of carbonyl (C=O) groups excluding carboxylic acids is 1. The summed E-state index contributed by atoms with van der Waals surface area (Å²) < 4.78 is 5.59. The van der Waals surface area contributed by atoms with Crippen molar-refractivity contribution < 1.29 is 24.9 Å². The topological polar surface area (TPSA) is 87.0 Å². The summed E-state index contributed by atoms with van der Waals surface area (Å²) in [7, 11) is 0. The van der Waals surface area contributed by atoms with E-state index in [2.05, 4.69) is 0 Å². The van der Waals surface area contributed by atoms with E-state index in [1.165, 1.54) is 0 Å². The third-order valence-corrected chi connectivity index (χ3v) is 6.97. The van der Waals surface area contributed by atoms with E-state index in [4.69, 9.17) is 4.74 Å². The second kappa shape index (κ2) is 6.22. The number of ketones is 1. The molecule has 2 bridgehead atoms. The fourth-order valence-electron chi connectivity index (χ4n) is 5.04. The van der Waals surface area contributed by atoms with Crippen LogP contribution in [0.2, 0.25) is 0 Å². The van der Waals surface area contributed by atoms with Gasteiger partial charge in [0.15, 0.2) is 5.76 Å². The molecule has 0 aromatic carbocycles. The highest BCUT2D eigenvalue weighted by Gasteiger charge is 2.55. The number of allylic oxidation sites excluding steroid dienone is 3. The molecule has 3 rings (SSSR count). The molecule has 2 aliphatic carbocycles. The van der Waals surface area contributed by atoms with Gasteiger partial charge in [0.1, 0.15) is 0 Å². The zero-order valence-electron chi connectivity index (χ0n) is 15.6. The maximum absolute atomic E-state index is 13.0. The monoisotopic (exact) mass is 350 g/mol. The smallest absolute Gasteiger partial charge is 0.223 e. The molecule has 1 saturated heterocycles. The Morgan fingerprint density at radius 1 is 1.28 bits per heavy atom. The van der Waals surface area contributed by atoms with Crippen molar-refractivity contribution in [2.75, 3.05) is 13.2 Å². The van der Waals surface area contributed by atoms with E-state index >= 15 is 0 Å². The second-order valence-corrected chi connectivity index (χ2v) is 8.53. The van der Waals surface area contributed by atoms with Gasteiger partial charge in [-0.3, -0.25) is 4.79 Å². The van der Waals surface area contributed by atoms with Crippen LogP contribution < -0.4 is 0 Å². The predicted molar refractivity (Wildman–Crippen MR) is 94.0 cm³/mol. The third-order valence-electron chi connectivity index (χ3n) is 6.97. The number of aliphatic hydroxyl groups excluding tert-OH is 2. The number of Topliss-reactive ketones (excluding diaryl/α,β-unsaturated/α-hetero) is 1. The van der Waals surface area contributed by atoms with Gasteiger partial charge >= 0.3 is 0 Å². The molecule has 2 unspecified atom stereocenters. The molecule has 0 aromatic rings. The van der Waals surface area contributed by atoms with Crippen molar-refractivity contribution in [2.24, 2.45) is 17.3 Å². The fourth-order valence-corrected chi connectivity index (χ4v) is 5.04. The van der Waals surface area contributed by atoms with Gasteiger partial charge in [-0.15, -0.1) is 0 Å². The van der Waals surface area contributed by atoms with Crippen molar-refractivity contribution in [2.45, 2.75) is 65.1 Å². The summed E-state index contributed by atoms with van der Waals surface area (Å²) in [5.41, 5.74) is 0.457. The van der Waals surface area contributed by atoms with Gasteiger partial charge in [0, 0.05) is 23.5 Å². The molecule has 25 heavy (non-hydrogen) atoms. The van der Waals surface area contributed by atoms with Crippen LogP contribution in [0.5, 0.6) is 0 Å². The zero-order valence-corrected chi connectivity index (χ0v) is 15.6. The number of carbonyl (C=O) groups is 1. The van der Waals surface area contributed by atoms with Crippen LogP contribution in [0.4, 0.5) is 0 Å². The van der Waals surface area contributed by atoms with Crippen LogP contribution in [-0.2, 0) is 9.53 Å². The molecule has 4 atom stereocenters. The molecule has 140 valence electrons. The van der Waals surface area contributed by atoms with E-state index in [1.807, 2.05) is 20.8 Å². The lowest BCUT2D eigenvalue weighted by Gasteiger charge is -2.53. The molecule has 3 aliphatic rings. The number of hydrogen-bond acceptors (Lipinski definition) is 5. The number of aliphatic hydroxyl groups is 3. The highest BCUT2D eigenvalue weighted by molar-refractivity contribution is 6.08. The number of ether oxygens (including phenoxy) is 1. The summed E-state index contributed by atoms with van der Waals surface area (Å²) >= 11 is 0. The lowest BCUT2D eigenvalue weighted by molar-refractivity contribution is -0.160. The van der Waals surface area contributed by atoms with Crippen LogP contribution in [0.3, 0.4) is 0 Å². The molecular weight excluding hydrogens is 320 g/mol. The van der Waals surface area contributed by atoms with Crippen LogP contribution in [0.25, 0.3) is 0 Å². The van der Waals surface area contributed by atoms with Crippen molar-refractivity contribution >= 4 is 5.78 Å². The number of hydrogen-bond donors (Lipinski definition) is 3. The van der Waals surface area contributed by atoms with Gasteiger partial charge in [-0.2, -0.15) is 0 Å². The van der Waals surface area contributed by atoms with Gasteiger partial charge in [-0.05, 0) is 51.0 Å². The molecule has 5 heteroatoms. The molecule has 0 radical (unpaired) electrons. The largest absolute Gasteiger partial charge is 0.504 e. The first kappa shape index (κ1) is 18.6. The Kier molecular flexibility index (Phi) is 4.63. The van der Waals surface area contributed by atoms with Crippen LogP contribution in [0, 0.1) is 17.3 Å². The first-order chi connectivity index (χ1) is 11.6. The zero-order chi connectivity index (χ0) is 18.6. The third kappa shape index (κ3) is 2.68. The minimum Gasteiger partial charge on any atom is -0.504 e. The summed E-state index contributed by atoms with van der Waals surface area (Å²) in [6, 6.07) is 0. The predicted octanol–water partition coefficient (Wildman–Crippen LogP) is 2.67. The molecule has 5 nitrogen and oxygen atoms in total. The van der Waals surface area contributed by atoms with Gasteiger partial charge in [0.25, 0.3) is 0 Å². The van der Waals surface area contributed by atoms with Crippen molar-refractivity contribution in [1.82, 2.24) is 0 Å². The molecule has 0 saturated carbocycles. The van der Waals surface area contributed by atoms with E-state index < -0.39 is 11.0 Å². The van der Waals surface area contributed by atoms with Gasteiger partial charge in [0.05, 0.1) is 18.3 Å². The molecule has 1 fully saturated rings. The van der Waals surface area contributed by atoms with Gasteiger partial charge in [-0.1, -0.05) is 19.4 Å². The molecule has 3 N–H and O–H groups in total. The average molecular weight is 350 g/mol. The first-order valence-electron chi connectivity index (χ1n) is 9.23. The van der Waals surface area contributed by atoms with E-state index in [-0.39, 0.29) is 36.1 Å². The van der Waals surface area contributed by atoms with Crippen LogP contribution >= 0.6 is 0 Å². The minimum atomic E-state index is -0.997. The Morgan fingerprint density at radius 2 is 1.96 bits per heavy atom. The van der Waals surface area contributed by atoms with Crippen molar-refractivity contribution in [1.29, 1.82) is 0 Å². The molecule has 1 heterocycles. The normalized spacial score (nSPS) is 41.2. The average Bonchev–Trinajstić information content (AvgIpc) is 2.52. The summed E-state index contributed by atoms with van der Waals surface area (Å²) in [6.07, 6.45) is 2.23. The minimum absolute atomic E-state index is 0.0450. The highest BCUT2D eigenvalue weighted by Crippen LogP contribution is 2.54. The lowest BCUT2D eigenvalue weighted by Crippen LogP contribution is -2.55. The number of rotatable bonds is 3. The Bertz CT molecular complexity index is 644. The standard InChI is InChI=1S/C20H30O5/c1-11-5-7-20(24)9-13(14-10-25-15(14)6-8-21)12(2)17(22)18(23)16(11)19(20,3)4/h13-15,21-22,24H,5-10H2,1-4H3/b17-12+/t13?,14-,15?,20+/m0/s1. The SMILES string of the molecule is CC1=C2C(=O)/C(O)=C(/C)C([C@@H]3COC3CCO)C[C@](O)(CC1)C2(C)C. The summed E-state index contributed by atoms with van der Waals surface area (Å²) in [5, 5.41) is 31.5. The maximum Gasteiger partial charge on any atom is 0.223 e. The Balaban J connectivity index is 2.09. The van der Waals surface area contributed by atoms with Crippen LogP contribution in [-0.4, -0.2) is 46.0 Å². The van der Waals surface area contributed by atoms with Crippen molar-refractivity contribution in [3.63, 3.8) is 0 Å². The van der Waals surface area contributed by atoms with E-state index in [1.54, 1.807) is 6.92 Å². The molecule has 0 amide bonds. The number of fused-ring (bicyclic) bond motifs is 2. The summed E-state index contributed by atoms with van der Waals surface area (Å²) in [5.74, 6) is -0.540. The second-order valence-electron chi connectivity index (χ2n) is 8.53. The van der Waals surface area contributed by atoms with Gasteiger partial charge in [-0.25, -0.2) is 0 Å². The van der Waals surface area contributed by atoms with E-state index in [0.29, 0.717) is 43.4 Å². The van der Waals surface area contributed by atoms with E-state index in [0.717, 1.165) is 5.57 Å². The van der Waals surface area contributed by atoms with Crippen molar-refractivity contribution in [3.05, 3.63) is 22.5 Å². The van der Waals surface area contributed by atoms with Gasteiger partial charge in [0.2, 0.25) is 5.78 Å². The Hall–Kier alpha value is -1.17. The molecule has 0 spiro atoms. The van der Waals surface area contributed by atoms with Crippen LogP contribution in [0.15, 0.2) is 22.5 Å². The summed E-state index contributed by atoms with van der Waals surface area (Å²) in [4.78, 5) is 13.0. The highest BCUT2D eigenvalue weighted by atomic mass is 16.5. The Morgan fingerprint density at radius 3 is 2.52 bits per heavy atom.